The van der Waals surface area contributed by atoms with Crippen LogP contribution in [0.3, 0.4) is 0 Å². The van der Waals surface area contributed by atoms with Gasteiger partial charge in [-0.25, -0.2) is 0 Å². The van der Waals surface area contributed by atoms with Crippen molar-refractivity contribution in [2.45, 2.75) is 107 Å². The minimum absolute atomic E-state index is 0.0373. The van der Waals surface area contributed by atoms with Crippen molar-refractivity contribution in [2.75, 3.05) is 26.4 Å². The first kappa shape index (κ1) is 56.6. The molecule has 414 valence electrons. The highest BCUT2D eigenvalue weighted by molar-refractivity contribution is 5.20. The average Bonchev–Trinajstić information content (AvgIpc) is 3.98. The monoisotopic (exact) mass is 1080 g/mol. The maximum absolute atomic E-state index is 7.71. The molecule has 2 fully saturated rings. The Kier molecular flexibility index (Phi) is 21.4. The molecular formula is C69H72O11. The average molecular weight is 1080 g/mol. The Hall–Kier alpha value is -6.68. The fraction of sp³-hybridized carbons (Fsp3) is 0.304. The van der Waals surface area contributed by atoms with E-state index in [1.165, 1.54) is 0 Å². The third kappa shape index (κ3) is 16.5. The van der Waals surface area contributed by atoms with Crippen molar-refractivity contribution in [3.05, 3.63) is 287 Å². The van der Waals surface area contributed by atoms with Crippen molar-refractivity contribution in [3.63, 3.8) is 0 Å². The molecule has 0 saturated carbocycles. The van der Waals surface area contributed by atoms with E-state index < -0.39 is 54.8 Å². The lowest BCUT2D eigenvalue weighted by atomic mass is 9.97. The molecule has 8 aromatic carbocycles. The quantitative estimate of drug-likeness (QED) is 0.0430. The van der Waals surface area contributed by atoms with Gasteiger partial charge in [-0.1, -0.05) is 243 Å². The van der Waals surface area contributed by atoms with Crippen LogP contribution < -0.4 is 0 Å². The van der Waals surface area contributed by atoms with Gasteiger partial charge in [0.2, 0.25) is 5.79 Å². The largest absolute Gasteiger partial charge is 0.374 e. The van der Waals surface area contributed by atoms with Gasteiger partial charge in [-0.3, -0.25) is 0 Å². The molecule has 11 nitrogen and oxygen atoms in total. The van der Waals surface area contributed by atoms with Crippen LogP contribution in [0.1, 0.15) is 44.5 Å². The molecule has 11 heteroatoms. The molecule has 0 unspecified atom stereocenters. The second kappa shape index (κ2) is 30.2. The summed E-state index contributed by atoms with van der Waals surface area (Å²) >= 11 is 0. The molecular weight excluding hydrogens is 1000 g/mol. The van der Waals surface area contributed by atoms with Gasteiger partial charge in [-0.15, -0.1) is 0 Å². The lowest BCUT2D eigenvalue weighted by molar-refractivity contribution is -0.365. The van der Waals surface area contributed by atoms with Gasteiger partial charge in [0, 0.05) is 0 Å². The molecule has 0 bridgehead atoms. The summed E-state index contributed by atoms with van der Waals surface area (Å²) < 4.78 is 78.2. The third-order valence-electron chi connectivity index (χ3n) is 14.2. The zero-order chi connectivity index (χ0) is 54.3. The summed E-state index contributed by atoms with van der Waals surface area (Å²) in [6.07, 6.45) is -6.21. The molecule has 0 aromatic heterocycles. The maximum atomic E-state index is 7.71. The van der Waals surface area contributed by atoms with E-state index >= 15 is 0 Å². The first-order chi connectivity index (χ1) is 39.6. The van der Waals surface area contributed by atoms with Gasteiger partial charge in [0.15, 0.2) is 6.29 Å². The van der Waals surface area contributed by atoms with E-state index in [1.54, 1.807) is 0 Å². The number of hydrogen-bond acceptors (Lipinski definition) is 11. The van der Waals surface area contributed by atoms with Crippen molar-refractivity contribution in [1.82, 2.24) is 0 Å². The lowest BCUT2D eigenvalue weighted by Gasteiger charge is -2.47. The van der Waals surface area contributed by atoms with Gasteiger partial charge in [-0.2, -0.15) is 0 Å². The second-order valence-corrected chi connectivity index (χ2v) is 20.2. The molecule has 80 heavy (non-hydrogen) atoms. The van der Waals surface area contributed by atoms with Gasteiger partial charge in [0.25, 0.3) is 0 Å². The highest BCUT2D eigenvalue weighted by atomic mass is 16.8. The zero-order valence-electron chi connectivity index (χ0n) is 45.2. The van der Waals surface area contributed by atoms with E-state index in [4.69, 9.17) is 52.1 Å². The zero-order valence-corrected chi connectivity index (χ0v) is 45.2. The standard InChI is InChI=1S/C69H72O11/c1-9-25-53(26-10-1)41-42-77-69(52-72-45-56-31-15-4-16-32-56)67(64(74-47-58-35-19-6-20-36-58)62(80-69)51-71-44-55-29-13-3-14-30-55)79-68-66(76-49-60-39-23-8-24-40-60)65(75-48-59-37-21-7-22-38-59)63(73-46-57-33-17-5-18-34-57)61(78-68)50-70-43-54-27-11-2-12-28-54/h1-40,61-68H,41-52H2/t61-,62-,63-,64-,65+,66-,67+,68-,69+/m1/s1. The van der Waals surface area contributed by atoms with Crippen molar-refractivity contribution in [2.24, 2.45) is 0 Å². The van der Waals surface area contributed by atoms with E-state index in [-0.39, 0.29) is 59.5 Å². The predicted molar refractivity (Wildman–Crippen MR) is 306 cm³/mol. The van der Waals surface area contributed by atoms with Gasteiger partial charge < -0.3 is 52.1 Å². The maximum Gasteiger partial charge on any atom is 0.222 e. The van der Waals surface area contributed by atoms with Gasteiger partial charge >= 0.3 is 0 Å². The van der Waals surface area contributed by atoms with Crippen molar-refractivity contribution in [3.8, 4) is 0 Å². The Morgan fingerprint density at radius 1 is 0.325 bits per heavy atom. The molecule has 0 amide bonds. The van der Waals surface area contributed by atoms with Crippen molar-refractivity contribution in [1.29, 1.82) is 0 Å². The van der Waals surface area contributed by atoms with Crippen LogP contribution in [0, 0.1) is 0 Å². The molecule has 2 saturated heterocycles. The molecule has 10 rings (SSSR count). The molecule has 0 spiro atoms. The Morgan fingerprint density at radius 2 is 0.662 bits per heavy atom. The summed E-state index contributed by atoms with van der Waals surface area (Å²) in [6.45, 7) is 2.45. The predicted octanol–water partition coefficient (Wildman–Crippen LogP) is 12.4. The Balaban J connectivity index is 1.06. The molecule has 9 atom stereocenters. The highest BCUT2D eigenvalue weighted by Gasteiger charge is 2.61. The fourth-order valence-electron chi connectivity index (χ4n) is 10.1. The Bertz CT molecular complexity index is 2880. The molecule has 0 N–H and O–H groups in total. The summed E-state index contributed by atoms with van der Waals surface area (Å²) in [5.74, 6) is -1.58. The summed E-state index contributed by atoms with van der Waals surface area (Å²) in [5.41, 5.74) is 8.05. The Labute approximate surface area is 471 Å². The van der Waals surface area contributed by atoms with E-state index in [1.807, 2.05) is 218 Å². The van der Waals surface area contributed by atoms with Crippen LogP contribution in [0.5, 0.6) is 0 Å². The van der Waals surface area contributed by atoms with E-state index in [9.17, 15) is 0 Å². The summed E-state index contributed by atoms with van der Waals surface area (Å²) in [6, 6.07) is 80.9. The number of hydrogen-bond donors (Lipinski definition) is 0. The first-order valence-corrected chi connectivity index (χ1v) is 27.8. The van der Waals surface area contributed by atoms with Crippen LogP contribution in [-0.4, -0.2) is 81.2 Å². The van der Waals surface area contributed by atoms with Crippen molar-refractivity contribution < 1.29 is 52.1 Å². The van der Waals surface area contributed by atoms with Crippen LogP contribution >= 0.6 is 0 Å². The van der Waals surface area contributed by atoms with Crippen LogP contribution in [0.25, 0.3) is 0 Å². The van der Waals surface area contributed by atoms with E-state index in [0.29, 0.717) is 19.6 Å². The van der Waals surface area contributed by atoms with Crippen LogP contribution in [0.2, 0.25) is 0 Å². The SMILES string of the molecule is c1ccc(CCO[C@@]2(COCc3ccccc3)O[C@H](COCc3ccccc3)[C@@H](OCc3ccccc3)[C@@H]2O[C@H]2O[C@H](COCc3ccccc3)[C@@H](OCc3ccccc3)[C@H](OCc3ccccc3)[C@H]2OCc2ccccc2)cc1. The topological polar surface area (TPSA) is 102 Å². The van der Waals surface area contributed by atoms with Crippen molar-refractivity contribution >= 4 is 0 Å². The minimum atomic E-state index is -1.58. The molecule has 2 heterocycles. The summed E-state index contributed by atoms with van der Waals surface area (Å²) in [5, 5.41) is 0. The minimum Gasteiger partial charge on any atom is -0.374 e. The van der Waals surface area contributed by atoms with Gasteiger partial charge in [-0.05, 0) is 50.9 Å². The van der Waals surface area contributed by atoms with Gasteiger partial charge in [0.1, 0.15) is 49.3 Å². The smallest absolute Gasteiger partial charge is 0.222 e. The normalized spacial score (nSPS) is 22.8. The van der Waals surface area contributed by atoms with Gasteiger partial charge in [0.05, 0.1) is 66.1 Å². The fourth-order valence-corrected chi connectivity index (χ4v) is 10.1. The first-order valence-electron chi connectivity index (χ1n) is 27.8. The summed E-state index contributed by atoms with van der Waals surface area (Å²) in [4.78, 5) is 0. The third-order valence-corrected chi connectivity index (χ3v) is 14.2. The number of benzene rings is 8. The van der Waals surface area contributed by atoms with Crippen LogP contribution in [0.15, 0.2) is 243 Å². The second-order valence-electron chi connectivity index (χ2n) is 20.2. The molecule has 2 aliphatic heterocycles. The summed E-state index contributed by atoms with van der Waals surface area (Å²) in [7, 11) is 0. The van der Waals surface area contributed by atoms with E-state index in [2.05, 4.69) is 24.3 Å². The molecule has 8 aromatic rings. The number of ether oxygens (including phenoxy) is 11. The molecule has 0 radical (unpaired) electrons. The van der Waals surface area contributed by atoms with Crippen LogP contribution in [-0.2, 0) is 105 Å². The Morgan fingerprint density at radius 3 is 1.09 bits per heavy atom. The molecule has 0 aliphatic carbocycles. The highest BCUT2D eigenvalue weighted by Crippen LogP contribution is 2.42. The van der Waals surface area contributed by atoms with E-state index in [0.717, 1.165) is 44.5 Å². The molecule has 2 aliphatic rings. The number of rotatable bonds is 30. The lowest BCUT2D eigenvalue weighted by Crippen LogP contribution is -2.64. The van der Waals surface area contributed by atoms with Crippen LogP contribution in [0.4, 0.5) is 0 Å².